The van der Waals surface area contributed by atoms with Gasteiger partial charge in [-0.05, 0) is 19.4 Å². The van der Waals surface area contributed by atoms with Crippen LogP contribution in [0, 0.1) is 0 Å². The maximum atomic E-state index is 9.48. The number of hydrogen-bond donors (Lipinski definition) is 3. The van der Waals surface area contributed by atoms with Gasteiger partial charge in [-0.2, -0.15) is 11.8 Å². The van der Waals surface area contributed by atoms with Crippen molar-refractivity contribution in [1.29, 1.82) is 0 Å². The summed E-state index contributed by atoms with van der Waals surface area (Å²) in [5.41, 5.74) is 1.35. The summed E-state index contributed by atoms with van der Waals surface area (Å²) in [6.07, 6.45) is -0.624. The molecule has 0 amide bonds. The fourth-order valence-corrected chi connectivity index (χ4v) is 3.11. The first-order chi connectivity index (χ1) is 11.7. The number of rotatable bonds is 10. The molecule has 0 saturated heterocycles. The van der Waals surface area contributed by atoms with Gasteiger partial charge in [0.1, 0.15) is 31.3 Å². The number of ketones is 1. The first-order valence-electron chi connectivity index (χ1n) is 8.25. The number of aliphatic carboxylic acids is 1. The smallest absolute Gasteiger partial charge is 0.175 e. The molecule has 0 fully saturated rings. The Bertz CT molecular complexity index is 471. The molecule has 2 atom stereocenters. The van der Waals surface area contributed by atoms with E-state index in [1.165, 1.54) is 10.5 Å². The molecule has 142 valence electrons. The number of Topliss-reactive ketones (excluding diaryl/α,β-unsaturated/α-hetero) is 1. The van der Waals surface area contributed by atoms with E-state index in [4.69, 9.17) is 0 Å². The molecule has 25 heavy (non-hydrogen) atoms. The van der Waals surface area contributed by atoms with Crippen LogP contribution in [-0.2, 0) is 15.3 Å². The number of carboxylic acid groups (broad SMARTS) is 1. The van der Waals surface area contributed by atoms with Gasteiger partial charge < -0.3 is 25.0 Å². The number of aliphatic hydroxyl groups is 2. The molecule has 6 nitrogen and oxygen atoms in total. The highest BCUT2D eigenvalue weighted by Crippen LogP contribution is 2.10. The highest BCUT2D eigenvalue weighted by Gasteiger charge is 2.14. The van der Waals surface area contributed by atoms with Crippen molar-refractivity contribution in [3.05, 3.63) is 35.9 Å². The van der Waals surface area contributed by atoms with Crippen LogP contribution in [0.3, 0.4) is 0 Å². The Balaban J connectivity index is 0.000000823. The lowest BCUT2D eigenvalue weighted by Crippen LogP contribution is -3.14. The summed E-state index contributed by atoms with van der Waals surface area (Å²) in [6.45, 7) is 6.94. The summed E-state index contributed by atoms with van der Waals surface area (Å²) >= 11 is 1.90. The predicted octanol–water partition coefficient (Wildman–Crippen LogP) is -1.11. The van der Waals surface area contributed by atoms with E-state index >= 15 is 0 Å². The number of benzene rings is 1. The molecule has 0 aliphatic heterocycles. The minimum atomic E-state index is -1.63. The van der Waals surface area contributed by atoms with Crippen molar-refractivity contribution in [1.82, 2.24) is 0 Å². The number of nitrogens with one attached hydrogen (secondary N) is 1. The first-order valence-corrected chi connectivity index (χ1v) is 9.41. The lowest BCUT2D eigenvalue weighted by Gasteiger charge is -2.22. The average Bonchev–Trinajstić information content (AvgIpc) is 2.52. The maximum Gasteiger partial charge on any atom is 0.175 e. The molecule has 0 radical (unpaired) electrons. The van der Waals surface area contributed by atoms with Gasteiger partial charge in [-0.1, -0.05) is 30.3 Å². The highest BCUT2D eigenvalue weighted by molar-refractivity contribution is 7.98. The second-order valence-electron chi connectivity index (χ2n) is 5.99. The topological polar surface area (TPSA) is 102 Å². The Morgan fingerprint density at radius 1 is 1.12 bits per heavy atom. The Hall–Kier alpha value is -1.41. The minimum absolute atomic E-state index is 0.312. The van der Waals surface area contributed by atoms with E-state index < -0.39 is 11.8 Å². The molecule has 1 aromatic carbocycles. The van der Waals surface area contributed by atoms with E-state index in [0.717, 1.165) is 25.0 Å². The number of quaternary nitrogens is 1. The van der Waals surface area contributed by atoms with Crippen LogP contribution in [0.5, 0.6) is 0 Å². The molecule has 7 heteroatoms. The van der Waals surface area contributed by atoms with Crippen molar-refractivity contribution in [3.63, 3.8) is 0 Å². The largest absolute Gasteiger partial charge is 0.542 e. The van der Waals surface area contributed by atoms with Crippen molar-refractivity contribution in [3.8, 4) is 0 Å². The zero-order valence-corrected chi connectivity index (χ0v) is 15.9. The number of carbonyl (C=O) groups excluding carboxylic acids is 2. The second-order valence-corrected chi connectivity index (χ2v) is 7.09. The van der Waals surface area contributed by atoms with Crippen molar-refractivity contribution in [2.24, 2.45) is 0 Å². The normalized spacial score (nSPS) is 14.0. The number of hydrogen-bond acceptors (Lipinski definition) is 6. The van der Waals surface area contributed by atoms with Gasteiger partial charge in [-0.25, -0.2) is 0 Å². The van der Waals surface area contributed by atoms with Crippen LogP contribution in [0.15, 0.2) is 30.3 Å². The van der Waals surface area contributed by atoms with Gasteiger partial charge in [0.2, 0.25) is 0 Å². The summed E-state index contributed by atoms with van der Waals surface area (Å²) in [4.78, 5) is 20.0. The summed E-state index contributed by atoms with van der Waals surface area (Å²) in [5.74, 6) is -0.494. The van der Waals surface area contributed by atoms with Gasteiger partial charge in [0, 0.05) is 18.4 Å². The first kappa shape index (κ1) is 23.6. The van der Waals surface area contributed by atoms with Crippen molar-refractivity contribution in [2.75, 3.05) is 25.4 Å². The third kappa shape index (κ3) is 14.6. The number of aliphatic hydroxyl groups excluding tert-OH is 2. The maximum absolute atomic E-state index is 9.48. The van der Waals surface area contributed by atoms with Gasteiger partial charge in [-0.15, -0.1) is 0 Å². The van der Waals surface area contributed by atoms with E-state index in [-0.39, 0.29) is 12.2 Å². The Kier molecular flexibility index (Phi) is 13.1. The second kappa shape index (κ2) is 13.8. The zero-order valence-electron chi connectivity index (χ0n) is 15.1. The SMILES string of the molecule is CC(=O)C(=O)[O-].CC(O)C[NH+](CCSCc1ccccc1)CC(C)O. The van der Waals surface area contributed by atoms with Gasteiger partial charge >= 0.3 is 0 Å². The molecule has 1 aromatic rings. The Labute approximate surface area is 153 Å². The van der Waals surface area contributed by atoms with Crippen LogP contribution in [0.1, 0.15) is 26.3 Å². The fourth-order valence-electron chi connectivity index (χ4n) is 2.10. The summed E-state index contributed by atoms with van der Waals surface area (Å²) in [6, 6.07) is 10.4. The molecule has 3 N–H and O–H groups in total. The molecule has 0 aliphatic rings. The monoisotopic (exact) mass is 371 g/mol. The molecular formula is C18H29NO5S. The third-order valence-corrected chi connectivity index (χ3v) is 4.20. The molecule has 0 aliphatic carbocycles. The molecule has 0 aromatic heterocycles. The molecule has 0 bridgehead atoms. The lowest BCUT2D eigenvalue weighted by molar-refractivity contribution is -0.903. The van der Waals surface area contributed by atoms with Crippen molar-refractivity contribution < 1.29 is 29.8 Å². The fraction of sp³-hybridized carbons (Fsp3) is 0.556. The van der Waals surface area contributed by atoms with E-state index in [9.17, 15) is 24.9 Å². The number of carboxylic acids is 1. The zero-order chi connectivity index (χ0) is 19.2. The predicted molar refractivity (Wildman–Crippen MR) is 97.2 cm³/mol. The van der Waals surface area contributed by atoms with Crippen LogP contribution >= 0.6 is 11.8 Å². The average molecular weight is 371 g/mol. The van der Waals surface area contributed by atoms with Gasteiger partial charge in [0.05, 0.1) is 6.54 Å². The van der Waals surface area contributed by atoms with Crippen LogP contribution in [-0.4, -0.2) is 59.6 Å². The van der Waals surface area contributed by atoms with E-state index in [1.807, 2.05) is 17.8 Å². The van der Waals surface area contributed by atoms with Crippen LogP contribution < -0.4 is 10.0 Å². The van der Waals surface area contributed by atoms with Crippen LogP contribution in [0.25, 0.3) is 0 Å². The highest BCUT2D eigenvalue weighted by atomic mass is 32.2. The Morgan fingerprint density at radius 2 is 1.60 bits per heavy atom. The van der Waals surface area contributed by atoms with Gasteiger partial charge in [-0.3, -0.25) is 4.79 Å². The lowest BCUT2D eigenvalue weighted by atomic mass is 10.2. The number of thioether (sulfide) groups is 1. The molecule has 0 spiro atoms. The third-order valence-electron chi connectivity index (χ3n) is 3.17. The van der Waals surface area contributed by atoms with E-state index in [0.29, 0.717) is 13.1 Å². The quantitative estimate of drug-likeness (QED) is 0.356. The molecule has 0 saturated carbocycles. The van der Waals surface area contributed by atoms with Crippen LogP contribution in [0.2, 0.25) is 0 Å². The van der Waals surface area contributed by atoms with Crippen LogP contribution in [0.4, 0.5) is 0 Å². The molecule has 0 heterocycles. The number of carbonyl (C=O) groups is 2. The minimum Gasteiger partial charge on any atom is -0.542 e. The Morgan fingerprint density at radius 3 is 2.00 bits per heavy atom. The summed E-state index contributed by atoms with van der Waals surface area (Å²) in [7, 11) is 0. The molecular weight excluding hydrogens is 342 g/mol. The van der Waals surface area contributed by atoms with Crippen molar-refractivity contribution >= 4 is 23.5 Å². The van der Waals surface area contributed by atoms with Gasteiger partial charge in [0.15, 0.2) is 5.78 Å². The summed E-state index contributed by atoms with van der Waals surface area (Å²) in [5, 5.41) is 28.2. The van der Waals surface area contributed by atoms with E-state index in [2.05, 4.69) is 24.3 Å². The summed E-state index contributed by atoms with van der Waals surface area (Å²) < 4.78 is 0. The van der Waals surface area contributed by atoms with Gasteiger partial charge in [0.25, 0.3) is 0 Å². The molecule has 1 rings (SSSR count). The van der Waals surface area contributed by atoms with Crippen molar-refractivity contribution in [2.45, 2.75) is 38.7 Å². The van der Waals surface area contributed by atoms with E-state index in [1.54, 1.807) is 13.8 Å². The standard InChI is InChI=1S/C15H25NO2S.C3H4O3/c1-13(17)10-16(11-14(2)18)8-9-19-12-15-6-4-3-5-7-15;1-2(4)3(5)6/h3-7,13-14,17-18H,8-12H2,1-2H3;1H3,(H,5,6). The molecule has 2 unspecified atom stereocenters.